The molecule has 0 atom stereocenters. The Morgan fingerprint density at radius 3 is 2.72 bits per heavy atom. The molecule has 1 saturated heterocycles. The number of aryl methyl sites for hydroxylation is 1. The molecular formula is C20H26FN7O. The van der Waals surface area contributed by atoms with Gasteiger partial charge in [-0.1, -0.05) is 19.4 Å². The lowest BCUT2D eigenvalue weighted by atomic mass is 10.2. The van der Waals surface area contributed by atoms with E-state index >= 15 is 0 Å². The molecule has 1 aliphatic heterocycles. The van der Waals surface area contributed by atoms with Gasteiger partial charge in [0, 0.05) is 39.3 Å². The summed E-state index contributed by atoms with van der Waals surface area (Å²) in [6.07, 6.45) is 9.59. The van der Waals surface area contributed by atoms with E-state index in [-0.39, 0.29) is 5.91 Å². The summed E-state index contributed by atoms with van der Waals surface area (Å²) in [4.78, 5) is 27.0. The van der Waals surface area contributed by atoms with Crippen molar-refractivity contribution in [3.63, 3.8) is 0 Å². The molecule has 0 aliphatic carbocycles. The molecule has 154 valence electrons. The smallest absolute Gasteiger partial charge is 0.225 e. The van der Waals surface area contributed by atoms with Crippen LogP contribution in [0.5, 0.6) is 0 Å². The molecule has 3 aromatic rings. The molecule has 9 heteroatoms. The average molecular weight is 399 g/mol. The summed E-state index contributed by atoms with van der Waals surface area (Å²) in [5.74, 6) is 0.230. The molecule has 4 heterocycles. The van der Waals surface area contributed by atoms with E-state index < -0.39 is 5.82 Å². The fourth-order valence-corrected chi connectivity index (χ4v) is 3.18. The van der Waals surface area contributed by atoms with Crippen LogP contribution >= 0.6 is 0 Å². The number of aromatic nitrogens is 5. The van der Waals surface area contributed by atoms with Gasteiger partial charge in [0.05, 0.1) is 12.4 Å². The van der Waals surface area contributed by atoms with E-state index in [9.17, 15) is 9.18 Å². The van der Waals surface area contributed by atoms with Crippen molar-refractivity contribution in [1.82, 2.24) is 29.5 Å². The highest BCUT2D eigenvalue weighted by atomic mass is 19.1. The molecule has 3 aromatic heterocycles. The molecule has 4 rings (SSSR count). The van der Waals surface area contributed by atoms with Crippen LogP contribution < -0.4 is 4.90 Å². The van der Waals surface area contributed by atoms with Crippen LogP contribution in [0.4, 0.5) is 10.3 Å². The van der Waals surface area contributed by atoms with Gasteiger partial charge in [0.25, 0.3) is 0 Å². The molecule has 1 amide bonds. The normalized spacial score (nSPS) is 13.5. The minimum atomic E-state index is -0.447. The fourth-order valence-electron chi connectivity index (χ4n) is 3.18. The Morgan fingerprint density at radius 2 is 2.03 bits per heavy atom. The molecule has 8 nitrogen and oxygen atoms in total. The van der Waals surface area contributed by atoms with Gasteiger partial charge < -0.3 is 9.80 Å². The molecule has 0 spiro atoms. The third-order valence-electron chi connectivity index (χ3n) is 4.73. The number of carbonyl (C=O) groups excluding carboxylic acids is 1. The quantitative estimate of drug-likeness (QED) is 0.633. The predicted molar refractivity (Wildman–Crippen MR) is 108 cm³/mol. The van der Waals surface area contributed by atoms with Gasteiger partial charge in [-0.05, 0) is 24.5 Å². The first-order valence-electron chi connectivity index (χ1n) is 9.82. The number of carbonyl (C=O) groups is 1. The second-order valence-electron chi connectivity index (χ2n) is 6.92. The monoisotopic (exact) mass is 399 g/mol. The number of hydrogen-bond donors (Lipinski definition) is 0. The minimum Gasteiger partial charge on any atom is -0.342 e. The van der Waals surface area contributed by atoms with E-state index in [1.807, 2.05) is 33.6 Å². The second-order valence-corrected chi connectivity index (χ2v) is 6.92. The van der Waals surface area contributed by atoms with Crippen LogP contribution in [0.25, 0.3) is 5.65 Å². The summed E-state index contributed by atoms with van der Waals surface area (Å²) in [5, 5.41) is 4.07. The third-order valence-corrected chi connectivity index (χ3v) is 4.73. The van der Waals surface area contributed by atoms with E-state index in [0.717, 1.165) is 43.8 Å². The third kappa shape index (κ3) is 5.46. The summed E-state index contributed by atoms with van der Waals surface area (Å²) >= 11 is 0. The van der Waals surface area contributed by atoms with Crippen molar-refractivity contribution in [2.24, 2.45) is 0 Å². The Labute approximate surface area is 169 Å². The number of likely N-dealkylation sites (N-methyl/N-ethyl adjacent to an activating group) is 1. The lowest BCUT2D eigenvalue weighted by Crippen LogP contribution is -2.34. The molecular weight excluding hydrogens is 373 g/mol. The summed E-state index contributed by atoms with van der Waals surface area (Å²) < 4.78 is 14.4. The van der Waals surface area contributed by atoms with Crippen LogP contribution in [0.1, 0.15) is 31.7 Å². The highest BCUT2D eigenvalue weighted by Gasteiger charge is 2.20. The van der Waals surface area contributed by atoms with Crippen molar-refractivity contribution in [2.45, 2.75) is 32.6 Å². The van der Waals surface area contributed by atoms with Gasteiger partial charge in [0.2, 0.25) is 11.9 Å². The number of halogens is 1. The highest BCUT2D eigenvalue weighted by molar-refractivity contribution is 5.78. The van der Waals surface area contributed by atoms with E-state index in [4.69, 9.17) is 0 Å². The Balaban J connectivity index is 0.000000176. The van der Waals surface area contributed by atoms with Gasteiger partial charge >= 0.3 is 0 Å². The first-order valence-corrected chi connectivity index (χ1v) is 9.82. The SMILES string of the molecule is CCCc1cccn2ncnc12.CN(CCN1CCCC1=O)c1ncc(F)cn1. The van der Waals surface area contributed by atoms with Crippen LogP contribution in [0.3, 0.4) is 0 Å². The van der Waals surface area contributed by atoms with Crippen molar-refractivity contribution in [2.75, 3.05) is 31.6 Å². The van der Waals surface area contributed by atoms with E-state index in [1.165, 1.54) is 5.56 Å². The zero-order chi connectivity index (χ0) is 20.6. The Hall–Kier alpha value is -3.10. The molecule has 1 aliphatic rings. The van der Waals surface area contributed by atoms with Gasteiger partial charge in [0.1, 0.15) is 6.33 Å². The number of likely N-dealkylation sites (tertiary alicyclic amines) is 1. The highest BCUT2D eigenvalue weighted by Crippen LogP contribution is 2.10. The lowest BCUT2D eigenvalue weighted by molar-refractivity contribution is -0.127. The van der Waals surface area contributed by atoms with Gasteiger partial charge in [-0.2, -0.15) is 5.10 Å². The van der Waals surface area contributed by atoms with Gasteiger partial charge in [-0.3, -0.25) is 4.79 Å². The summed E-state index contributed by atoms with van der Waals surface area (Å²) in [7, 11) is 1.83. The van der Waals surface area contributed by atoms with Crippen molar-refractivity contribution < 1.29 is 9.18 Å². The van der Waals surface area contributed by atoms with Crippen molar-refractivity contribution in [1.29, 1.82) is 0 Å². The number of hydrogen-bond acceptors (Lipinski definition) is 6. The largest absolute Gasteiger partial charge is 0.342 e. The maximum absolute atomic E-state index is 12.6. The molecule has 29 heavy (non-hydrogen) atoms. The van der Waals surface area contributed by atoms with Crippen molar-refractivity contribution in [3.8, 4) is 0 Å². The first-order chi connectivity index (χ1) is 14.1. The lowest BCUT2D eigenvalue weighted by Gasteiger charge is -2.21. The second kappa shape index (κ2) is 9.90. The molecule has 0 saturated carbocycles. The average Bonchev–Trinajstić information content (AvgIpc) is 3.37. The van der Waals surface area contributed by atoms with Crippen LogP contribution in [0.2, 0.25) is 0 Å². The maximum atomic E-state index is 12.6. The van der Waals surface area contributed by atoms with Crippen LogP contribution in [0, 0.1) is 5.82 Å². The molecule has 0 aromatic carbocycles. The molecule has 0 N–H and O–H groups in total. The summed E-state index contributed by atoms with van der Waals surface area (Å²) in [6.45, 7) is 4.31. The van der Waals surface area contributed by atoms with Crippen molar-refractivity contribution in [3.05, 3.63) is 48.4 Å². The summed E-state index contributed by atoms with van der Waals surface area (Å²) in [5.41, 5.74) is 2.26. The maximum Gasteiger partial charge on any atom is 0.225 e. The number of rotatable bonds is 6. The van der Waals surface area contributed by atoms with Crippen LogP contribution in [-0.4, -0.2) is 62.1 Å². The van der Waals surface area contributed by atoms with Crippen molar-refractivity contribution >= 4 is 17.5 Å². The molecule has 0 radical (unpaired) electrons. The number of amides is 1. The van der Waals surface area contributed by atoms with E-state index in [2.05, 4.69) is 33.0 Å². The topological polar surface area (TPSA) is 79.5 Å². The number of pyridine rings is 1. The fraction of sp³-hybridized carbons (Fsp3) is 0.450. The first kappa shape index (κ1) is 20.6. The number of fused-ring (bicyclic) bond motifs is 1. The molecule has 0 bridgehead atoms. The van der Waals surface area contributed by atoms with Gasteiger partial charge in [0.15, 0.2) is 11.5 Å². The Bertz CT molecular complexity index is 928. The Kier molecular flexibility index (Phi) is 7.04. The summed E-state index contributed by atoms with van der Waals surface area (Å²) in [6, 6.07) is 4.11. The zero-order valence-corrected chi connectivity index (χ0v) is 16.8. The van der Waals surface area contributed by atoms with Gasteiger partial charge in [-0.25, -0.2) is 23.9 Å². The number of nitrogens with zero attached hydrogens (tertiary/aromatic N) is 7. The zero-order valence-electron chi connectivity index (χ0n) is 16.8. The molecule has 0 unspecified atom stereocenters. The molecule has 1 fully saturated rings. The minimum absolute atomic E-state index is 0.207. The van der Waals surface area contributed by atoms with E-state index in [0.29, 0.717) is 25.5 Å². The Morgan fingerprint density at radius 1 is 1.24 bits per heavy atom. The van der Waals surface area contributed by atoms with Crippen LogP contribution in [-0.2, 0) is 11.2 Å². The van der Waals surface area contributed by atoms with E-state index in [1.54, 1.807) is 6.33 Å². The standard InChI is InChI=1S/C11H15FN4O.C9H11N3/c1-15(11-13-7-9(12)8-14-11)5-6-16-4-2-3-10(16)17;1-2-4-8-5-3-6-12-9(8)10-7-11-12/h7-8H,2-6H2,1H3;3,5-7H,2,4H2,1H3. The number of anilines is 1. The predicted octanol–water partition coefficient (Wildman–Crippen LogP) is 2.36. The van der Waals surface area contributed by atoms with Crippen LogP contribution in [0.15, 0.2) is 37.1 Å². The van der Waals surface area contributed by atoms with Gasteiger partial charge in [-0.15, -0.1) is 0 Å².